The molecule has 5 nitrogen and oxygen atoms in total. The second-order valence-electron chi connectivity index (χ2n) is 7.23. The lowest BCUT2D eigenvalue weighted by molar-refractivity contribution is 0.0980. The Morgan fingerprint density at radius 3 is 2.59 bits per heavy atom. The normalized spacial score (nSPS) is 13.5. The summed E-state index contributed by atoms with van der Waals surface area (Å²) in [5.41, 5.74) is 4.16. The van der Waals surface area contributed by atoms with E-state index < -0.39 is 0 Å². The Morgan fingerprint density at radius 2 is 1.79 bits per heavy atom. The fourth-order valence-corrected chi connectivity index (χ4v) is 3.64. The number of hydrogen-bond acceptors (Lipinski definition) is 5. The minimum Gasteiger partial charge on any atom is -0.324 e. The molecule has 0 bridgehead atoms. The first-order chi connectivity index (χ1) is 14.0. The number of nitrogens with one attached hydrogen (secondary N) is 1. The average molecular weight is 406 g/mol. The zero-order valence-electron chi connectivity index (χ0n) is 16.0. The van der Waals surface area contributed by atoms with E-state index in [4.69, 9.17) is 11.6 Å². The highest BCUT2D eigenvalue weighted by molar-refractivity contribution is 6.31. The fraction of sp³-hybridized carbons (Fsp3) is 0.217. The quantitative estimate of drug-likeness (QED) is 0.469. The molecule has 1 heterocycles. The third-order valence-corrected chi connectivity index (χ3v) is 5.18. The Balaban J connectivity index is 1.61. The van der Waals surface area contributed by atoms with Crippen LogP contribution in [-0.4, -0.2) is 21.5 Å². The Hall–Kier alpha value is -3.05. The maximum Gasteiger partial charge on any atom is 0.227 e. The first kappa shape index (κ1) is 19.3. The van der Waals surface area contributed by atoms with Crippen LogP contribution in [0.1, 0.15) is 56.8 Å². The van der Waals surface area contributed by atoms with Crippen molar-refractivity contribution in [1.82, 2.24) is 9.97 Å². The summed E-state index contributed by atoms with van der Waals surface area (Å²) in [5.74, 6) is 0.372. The summed E-state index contributed by atoms with van der Waals surface area (Å²) in [5, 5.41) is 3.56. The lowest BCUT2D eigenvalue weighted by atomic mass is 10.0. The van der Waals surface area contributed by atoms with E-state index in [0.29, 0.717) is 39.8 Å². The van der Waals surface area contributed by atoms with E-state index >= 15 is 0 Å². The summed E-state index contributed by atoms with van der Waals surface area (Å²) >= 11 is 6.25. The van der Waals surface area contributed by atoms with Crippen LogP contribution in [0.5, 0.6) is 0 Å². The van der Waals surface area contributed by atoms with E-state index in [-0.39, 0.29) is 11.6 Å². The molecule has 1 aliphatic rings. The topological polar surface area (TPSA) is 72.0 Å². The molecule has 0 amide bonds. The maximum absolute atomic E-state index is 12.8. The minimum absolute atomic E-state index is 0.0952. The number of aryl methyl sites for hydroxylation is 2. The van der Waals surface area contributed by atoms with Gasteiger partial charge in [-0.2, -0.15) is 0 Å². The molecule has 0 atom stereocenters. The number of rotatable bonds is 4. The molecule has 1 aliphatic carbocycles. The summed E-state index contributed by atoms with van der Waals surface area (Å²) in [6, 6.07) is 12.5. The van der Waals surface area contributed by atoms with Crippen LogP contribution in [0.2, 0.25) is 5.02 Å². The van der Waals surface area contributed by atoms with E-state index in [0.717, 1.165) is 30.5 Å². The number of Topliss-reactive ketones (excluding diaryl/α,β-unsaturated/α-hetero) is 1. The third-order valence-electron chi connectivity index (χ3n) is 4.97. The number of halogens is 1. The zero-order valence-corrected chi connectivity index (χ0v) is 16.8. The van der Waals surface area contributed by atoms with E-state index in [2.05, 4.69) is 15.3 Å². The predicted molar refractivity (Wildman–Crippen MR) is 113 cm³/mol. The number of carbonyl (C=O) groups is 2. The molecule has 3 aromatic rings. The van der Waals surface area contributed by atoms with Gasteiger partial charge in [0.15, 0.2) is 11.6 Å². The van der Waals surface area contributed by atoms with Crippen molar-refractivity contribution >= 4 is 34.8 Å². The van der Waals surface area contributed by atoms with Gasteiger partial charge in [-0.3, -0.25) is 9.59 Å². The van der Waals surface area contributed by atoms with Crippen LogP contribution in [-0.2, 0) is 6.42 Å². The molecule has 0 radical (unpaired) electrons. The van der Waals surface area contributed by atoms with E-state index in [1.807, 2.05) is 19.1 Å². The van der Waals surface area contributed by atoms with Gasteiger partial charge in [0, 0.05) is 34.5 Å². The first-order valence-corrected chi connectivity index (χ1v) is 9.95. The predicted octanol–water partition coefficient (Wildman–Crippen LogP) is 5.32. The van der Waals surface area contributed by atoms with Crippen LogP contribution < -0.4 is 5.32 Å². The highest BCUT2D eigenvalue weighted by Crippen LogP contribution is 2.25. The number of hydrogen-bond donors (Lipinski definition) is 1. The number of aromatic nitrogens is 2. The van der Waals surface area contributed by atoms with Crippen molar-refractivity contribution in [2.75, 3.05) is 5.32 Å². The molecule has 1 aromatic heterocycles. The number of fused-ring (bicyclic) bond motifs is 1. The number of nitrogens with zero attached hydrogens (tertiary/aromatic N) is 2. The number of ketones is 2. The molecule has 0 aliphatic heterocycles. The summed E-state index contributed by atoms with van der Waals surface area (Å²) in [4.78, 5) is 33.8. The molecule has 4 rings (SSSR count). The molecule has 0 unspecified atom stereocenters. The van der Waals surface area contributed by atoms with Gasteiger partial charge >= 0.3 is 0 Å². The van der Waals surface area contributed by atoms with Crippen molar-refractivity contribution in [3.63, 3.8) is 0 Å². The molecular weight excluding hydrogens is 386 g/mol. The van der Waals surface area contributed by atoms with Crippen LogP contribution in [0.25, 0.3) is 0 Å². The lowest BCUT2D eigenvalue weighted by Crippen LogP contribution is -2.07. The fourth-order valence-electron chi connectivity index (χ4n) is 3.41. The monoisotopic (exact) mass is 405 g/mol. The van der Waals surface area contributed by atoms with Gasteiger partial charge in [0.2, 0.25) is 5.95 Å². The van der Waals surface area contributed by atoms with Crippen molar-refractivity contribution in [2.45, 2.75) is 32.6 Å². The molecule has 1 N–H and O–H groups in total. The summed E-state index contributed by atoms with van der Waals surface area (Å²) in [6.45, 7) is 1.98. The van der Waals surface area contributed by atoms with Crippen molar-refractivity contribution in [1.29, 1.82) is 0 Å². The Bertz CT molecular complexity index is 1090. The van der Waals surface area contributed by atoms with Gasteiger partial charge in [-0.15, -0.1) is 0 Å². The highest BCUT2D eigenvalue weighted by atomic mass is 35.5. The summed E-state index contributed by atoms with van der Waals surface area (Å²) < 4.78 is 0. The molecule has 29 heavy (non-hydrogen) atoms. The molecular formula is C23H20ClN3O2. The van der Waals surface area contributed by atoms with Gasteiger partial charge in [-0.1, -0.05) is 41.4 Å². The van der Waals surface area contributed by atoms with Gasteiger partial charge < -0.3 is 5.32 Å². The third kappa shape index (κ3) is 4.35. The molecule has 0 spiro atoms. The van der Waals surface area contributed by atoms with Crippen LogP contribution in [0, 0.1) is 6.92 Å². The highest BCUT2D eigenvalue weighted by Gasteiger charge is 2.18. The first-order valence-electron chi connectivity index (χ1n) is 9.58. The Kier molecular flexibility index (Phi) is 5.41. The van der Waals surface area contributed by atoms with Crippen molar-refractivity contribution in [3.05, 3.63) is 81.6 Å². The van der Waals surface area contributed by atoms with Crippen molar-refractivity contribution in [2.24, 2.45) is 0 Å². The van der Waals surface area contributed by atoms with Crippen molar-refractivity contribution in [3.8, 4) is 0 Å². The van der Waals surface area contributed by atoms with Crippen LogP contribution in [0.4, 0.5) is 11.6 Å². The minimum atomic E-state index is -0.107. The number of anilines is 2. The van der Waals surface area contributed by atoms with Gasteiger partial charge in [0.1, 0.15) is 0 Å². The Morgan fingerprint density at radius 1 is 1.03 bits per heavy atom. The molecule has 6 heteroatoms. The van der Waals surface area contributed by atoms with Gasteiger partial charge in [0.25, 0.3) is 0 Å². The molecule has 0 fully saturated rings. The standard InChI is InChI=1S/C23H20ClN3O2/c1-14-6-8-15(9-7-14)22(29)16-10-17(24)12-18(11-16)26-23-25-13-19-20(27-23)4-2-3-5-21(19)28/h6-13H,2-5H2,1H3,(H,25,26,27). The second-order valence-corrected chi connectivity index (χ2v) is 7.67. The smallest absolute Gasteiger partial charge is 0.227 e. The Labute approximate surface area is 174 Å². The lowest BCUT2D eigenvalue weighted by Gasteiger charge is -2.10. The summed E-state index contributed by atoms with van der Waals surface area (Å²) in [6.07, 6.45) is 4.69. The molecule has 0 saturated heterocycles. The number of carbonyl (C=O) groups excluding carboxylic acids is 2. The SMILES string of the molecule is Cc1ccc(C(=O)c2cc(Cl)cc(Nc3ncc4c(n3)CCCCC4=O)c2)cc1. The molecule has 2 aromatic carbocycles. The molecule has 146 valence electrons. The van der Waals surface area contributed by atoms with Crippen LogP contribution in [0.3, 0.4) is 0 Å². The summed E-state index contributed by atoms with van der Waals surface area (Å²) in [7, 11) is 0. The van der Waals surface area contributed by atoms with E-state index in [1.165, 1.54) is 0 Å². The number of benzene rings is 2. The van der Waals surface area contributed by atoms with Gasteiger partial charge in [0.05, 0.1) is 11.3 Å². The molecule has 0 saturated carbocycles. The van der Waals surface area contributed by atoms with Crippen LogP contribution >= 0.6 is 11.6 Å². The average Bonchev–Trinajstić information content (AvgIpc) is 2.88. The van der Waals surface area contributed by atoms with E-state index in [9.17, 15) is 9.59 Å². The maximum atomic E-state index is 12.8. The van der Waals surface area contributed by atoms with Crippen LogP contribution in [0.15, 0.2) is 48.7 Å². The zero-order chi connectivity index (χ0) is 20.4. The second kappa shape index (κ2) is 8.13. The van der Waals surface area contributed by atoms with Gasteiger partial charge in [-0.25, -0.2) is 9.97 Å². The van der Waals surface area contributed by atoms with E-state index in [1.54, 1.807) is 36.5 Å². The van der Waals surface area contributed by atoms with Gasteiger partial charge in [-0.05, 0) is 44.4 Å². The van der Waals surface area contributed by atoms with Crippen molar-refractivity contribution < 1.29 is 9.59 Å². The largest absolute Gasteiger partial charge is 0.324 e.